The fraction of sp³-hybridized carbons (Fsp3) is 0.0909. The standard InChI is InChI=1S/C22H18N2/c1-3-7-17(8-4-1)19-11-13-23-21(15-19)22-16-20(12-14-24-22)18-9-5-2-6-10-18/h1,3-5,7-16H,2,6H2. The first-order valence-corrected chi connectivity index (χ1v) is 8.25. The summed E-state index contributed by atoms with van der Waals surface area (Å²) in [6, 6.07) is 18.7. The van der Waals surface area contributed by atoms with Gasteiger partial charge in [-0.1, -0.05) is 48.6 Å². The van der Waals surface area contributed by atoms with Crippen molar-refractivity contribution in [1.29, 1.82) is 0 Å². The lowest BCUT2D eigenvalue weighted by atomic mass is 9.99. The molecule has 0 unspecified atom stereocenters. The van der Waals surface area contributed by atoms with Crippen molar-refractivity contribution >= 4 is 5.57 Å². The zero-order valence-corrected chi connectivity index (χ0v) is 13.4. The average molecular weight is 310 g/mol. The van der Waals surface area contributed by atoms with Crippen LogP contribution in [-0.2, 0) is 0 Å². The Hall–Kier alpha value is -3.00. The summed E-state index contributed by atoms with van der Waals surface area (Å²) >= 11 is 0. The summed E-state index contributed by atoms with van der Waals surface area (Å²) in [4.78, 5) is 9.05. The van der Waals surface area contributed by atoms with E-state index in [4.69, 9.17) is 0 Å². The maximum absolute atomic E-state index is 4.53. The summed E-state index contributed by atoms with van der Waals surface area (Å²) in [5, 5.41) is 0. The number of nitrogens with zero attached hydrogens (tertiary/aromatic N) is 2. The molecule has 0 bridgehead atoms. The molecule has 0 aliphatic heterocycles. The van der Waals surface area contributed by atoms with Crippen LogP contribution in [0.5, 0.6) is 0 Å². The van der Waals surface area contributed by atoms with Gasteiger partial charge < -0.3 is 0 Å². The Balaban J connectivity index is 1.72. The van der Waals surface area contributed by atoms with Crippen LogP contribution >= 0.6 is 0 Å². The van der Waals surface area contributed by atoms with E-state index in [-0.39, 0.29) is 0 Å². The maximum Gasteiger partial charge on any atom is 0.0892 e. The Morgan fingerprint density at radius 3 is 2.08 bits per heavy atom. The molecular weight excluding hydrogens is 292 g/mol. The van der Waals surface area contributed by atoms with Crippen LogP contribution in [0.4, 0.5) is 0 Å². The van der Waals surface area contributed by atoms with E-state index < -0.39 is 0 Å². The van der Waals surface area contributed by atoms with Gasteiger partial charge in [0, 0.05) is 12.4 Å². The van der Waals surface area contributed by atoms with Gasteiger partial charge in [0.05, 0.1) is 11.4 Å². The van der Waals surface area contributed by atoms with Crippen LogP contribution < -0.4 is 0 Å². The minimum absolute atomic E-state index is 0.901. The summed E-state index contributed by atoms with van der Waals surface area (Å²) in [5.74, 6) is 0. The van der Waals surface area contributed by atoms with Crippen molar-refractivity contribution in [3.05, 3.63) is 90.8 Å². The second-order valence-electron chi connectivity index (χ2n) is 5.86. The van der Waals surface area contributed by atoms with Crippen molar-refractivity contribution in [2.45, 2.75) is 12.8 Å². The molecule has 2 aromatic heterocycles. The molecule has 0 radical (unpaired) electrons. The van der Waals surface area contributed by atoms with Crippen LogP contribution in [0.25, 0.3) is 28.1 Å². The second kappa shape index (κ2) is 6.63. The highest BCUT2D eigenvalue weighted by molar-refractivity contribution is 5.77. The van der Waals surface area contributed by atoms with E-state index in [1.165, 1.54) is 16.7 Å². The SMILES string of the molecule is C1=CC(c2ccnc(-c3cc(-c4ccccc4)ccn3)c2)=CCC1. The third-order valence-electron chi connectivity index (χ3n) is 4.22. The van der Waals surface area contributed by atoms with Gasteiger partial charge in [0.15, 0.2) is 0 Å². The number of rotatable bonds is 3. The van der Waals surface area contributed by atoms with Crippen molar-refractivity contribution in [3.63, 3.8) is 0 Å². The van der Waals surface area contributed by atoms with Crippen LogP contribution in [0, 0.1) is 0 Å². The molecule has 0 amide bonds. The molecule has 0 spiro atoms. The minimum atomic E-state index is 0.901. The Labute approximate surface area is 142 Å². The Morgan fingerprint density at radius 1 is 0.667 bits per heavy atom. The van der Waals surface area contributed by atoms with Crippen molar-refractivity contribution in [2.75, 3.05) is 0 Å². The van der Waals surface area contributed by atoms with Gasteiger partial charge in [-0.2, -0.15) is 0 Å². The molecule has 1 aliphatic rings. The highest BCUT2D eigenvalue weighted by atomic mass is 14.8. The number of benzene rings is 1. The largest absolute Gasteiger partial charge is 0.255 e. The third-order valence-corrected chi connectivity index (χ3v) is 4.22. The van der Waals surface area contributed by atoms with Gasteiger partial charge in [-0.05, 0) is 59.4 Å². The van der Waals surface area contributed by atoms with E-state index in [1.807, 2.05) is 24.5 Å². The first kappa shape index (κ1) is 14.6. The number of hydrogen-bond donors (Lipinski definition) is 0. The van der Waals surface area contributed by atoms with Crippen molar-refractivity contribution in [2.24, 2.45) is 0 Å². The van der Waals surface area contributed by atoms with E-state index in [2.05, 4.69) is 70.7 Å². The van der Waals surface area contributed by atoms with Crippen molar-refractivity contribution in [1.82, 2.24) is 9.97 Å². The van der Waals surface area contributed by atoms with Gasteiger partial charge in [-0.25, -0.2) is 0 Å². The zero-order valence-electron chi connectivity index (χ0n) is 13.4. The van der Waals surface area contributed by atoms with Crippen LogP contribution in [0.1, 0.15) is 18.4 Å². The number of allylic oxidation sites excluding steroid dienone is 4. The zero-order chi connectivity index (χ0) is 16.2. The van der Waals surface area contributed by atoms with E-state index in [0.717, 1.165) is 29.8 Å². The van der Waals surface area contributed by atoms with Crippen LogP contribution in [0.2, 0.25) is 0 Å². The second-order valence-corrected chi connectivity index (χ2v) is 5.86. The average Bonchev–Trinajstić information content (AvgIpc) is 2.70. The monoisotopic (exact) mass is 310 g/mol. The molecule has 0 fully saturated rings. The lowest BCUT2D eigenvalue weighted by Crippen LogP contribution is -1.92. The minimum Gasteiger partial charge on any atom is -0.255 e. The molecule has 4 rings (SSSR count). The molecular formula is C22H18N2. The van der Waals surface area contributed by atoms with Crippen molar-refractivity contribution in [3.8, 4) is 22.5 Å². The normalized spacial score (nSPS) is 13.6. The topological polar surface area (TPSA) is 25.8 Å². The predicted octanol–water partition coefficient (Wildman–Crippen LogP) is 5.54. The molecule has 2 nitrogen and oxygen atoms in total. The van der Waals surface area contributed by atoms with Gasteiger partial charge in [0.2, 0.25) is 0 Å². The third kappa shape index (κ3) is 3.04. The summed E-state index contributed by atoms with van der Waals surface area (Å²) in [7, 11) is 0. The van der Waals surface area contributed by atoms with Gasteiger partial charge in [0.1, 0.15) is 0 Å². The number of pyridine rings is 2. The van der Waals surface area contributed by atoms with Crippen LogP contribution in [0.3, 0.4) is 0 Å². The smallest absolute Gasteiger partial charge is 0.0892 e. The maximum atomic E-state index is 4.53. The highest BCUT2D eigenvalue weighted by Gasteiger charge is 2.07. The fourth-order valence-electron chi connectivity index (χ4n) is 2.96. The first-order chi connectivity index (χ1) is 11.9. The summed E-state index contributed by atoms with van der Waals surface area (Å²) < 4.78 is 0. The van der Waals surface area contributed by atoms with Gasteiger partial charge in [0.25, 0.3) is 0 Å². The molecule has 116 valence electrons. The fourth-order valence-corrected chi connectivity index (χ4v) is 2.96. The molecule has 2 heteroatoms. The van der Waals surface area contributed by atoms with E-state index in [0.29, 0.717) is 0 Å². The quantitative estimate of drug-likeness (QED) is 0.634. The van der Waals surface area contributed by atoms with Gasteiger partial charge >= 0.3 is 0 Å². The first-order valence-electron chi connectivity index (χ1n) is 8.25. The molecule has 1 aromatic carbocycles. The van der Waals surface area contributed by atoms with E-state index >= 15 is 0 Å². The summed E-state index contributed by atoms with van der Waals surface area (Å²) in [6.45, 7) is 0. The van der Waals surface area contributed by atoms with E-state index in [1.54, 1.807) is 0 Å². The van der Waals surface area contributed by atoms with Gasteiger partial charge in [-0.15, -0.1) is 0 Å². The molecule has 2 heterocycles. The number of hydrogen-bond acceptors (Lipinski definition) is 2. The predicted molar refractivity (Wildman–Crippen MR) is 99.3 cm³/mol. The Kier molecular flexibility index (Phi) is 4.03. The molecule has 0 atom stereocenters. The van der Waals surface area contributed by atoms with Crippen LogP contribution in [-0.4, -0.2) is 9.97 Å². The molecule has 0 N–H and O–H groups in total. The molecule has 0 saturated carbocycles. The lowest BCUT2D eigenvalue weighted by molar-refractivity contribution is 1.04. The molecule has 1 aliphatic carbocycles. The Bertz CT molecular complexity index is 908. The Morgan fingerprint density at radius 2 is 1.38 bits per heavy atom. The molecule has 24 heavy (non-hydrogen) atoms. The lowest BCUT2D eigenvalue weighted by Gasteiger charge is -2.09. The molecule has 0 saturated heterocycles. The summed E-state index contributed by atoms with van der Waals surface area (Å²) in [5.41, 5.74) is 6.62. The van der Waals surface area contributed by atoms with Crippen molar-refractivity contribution < 1.29 is 0 Å². The van der Waals surface area contributed by atoms with Crippen LogP contribution in [0.15, 0.2) is 85.2 Å². The van der Waals surface area contributed by atoms with E-state index in [9.17, 15) is 0 Å². The van der Waals surface area contributed by atoms with Gasteiger partial charge in [-0.3, -0.25) is 9.97 Å². The number of aromatic nitrogens is 2. The molecule has 3 aromatic rings. The highest BCUT2D eigenvalue weighted by Crippen LogP contribution is 2.26. The summed E-state index contributed by atoms with van der Waals surface area (Å²) in [6.07, 6.45) is 12.6.